The molecule has 2 aromatic rings. The van der Waals surface area contributed by atoms with Crippen LogP contribution in [-0.4, -0.2) is 39.6 Å². The van der Waals surface area contributed by atoms with Crippen LogP contribution in [0.1, 0.15) is 15.9 Å². The SMILES string of the molecule is N.O.O.O=C1NS(=O)(=O)c2ccccc21.O=S1(=O)N=C([O-])c2ccccc21.[NH2-].[Y].[Y]. The number of nitrogens with two attached hydrogens (primary N) is 1. The molecular formula is C14H18N4O8S2Y2-2. The molecule has 0 atom stereocenters. The van der Waals surface area contributed by atoms with Gasteiger partial charge in [-0.05, 0) is 18.2 Å². The van der Waals surface area contributed by atoms with Gasteiger partial charge in [-0.2, -0.15) is 12.8 Å². The number of rotatable bonds is 0. The molecular weight excluding hydrogens is 594 g/mol. The van der Waals surface area contributed by atoms with Crippen molar-refractivity contribution in [2.24, 2.45) is 4.40 Å². The Morgan fingerprint density at radius 2 is 1.23 bits per heavy atom. The molecule has 0 aromatic heterocycles. The van der Waals surface area contributed by atoms with Crippen LogP contribution in [0, 0.1) is 0 Å². The van der Waals surface area contributed by atoms with E-state index in [2.05, 4.69) is 4.40 Å². The van der Waals surface area contributed by atoms with Crippen LogP contribution < -0.4 is 16.0 Å². The van der Waals surface area contributed by atoms with Crippen molar-refractivity contribution in [2.45, 2.75) is 9.79 Å². The van der Waals surface area contributed by atoms with Gasteiger partial charge in [0.25, 0.3) is 26.0 Å². The Bertz CT molecular complexity index is 1100. The number of nitrogens with one attached hydrogen (secondary N) is 1. The maximum atomic E-state index is 11.1. The molecule has 0 fully saturated rings. The molecule has 0 saturated heterocycles. The van der Waals surface area contributed by atoms with Gasteiger partial charge >= 0.3 is 0 Å². The second-order valence-electron chi connectivity index (χ2n) is 4.80. The van der Waals surface area contributed by atoms with Gasteiger partial charge in [0.15, 0.2) is 0 Å². The summed E-state index contributed by atoms with van der Waals surface area (Å²) >= 11 is 0. The minimum atomic E-state index is -3.68. The van der Waals surface area contributed by atoms with Crippen molar-refractivity contribution in [3.63, 3.8) is 0 Å². The van der Waals surface area contributed by atoms with Crippen LogP contribution in [0.2, 0.25) is 0 Å². The summed E-state index contributed by atoms with van der Waals surface area (Å²) in [7, 11) is -7.23. The first-order chi connectivity index (χ1) is 11.2. The Hall–Kier alpha value is -0.672. The monoisotopic (exact) mass is 612 g/mol. The van der Waals surface area contributed by atoms with Gasteiger partial charge in [0.2, 0.25) is 0 Å². The summed E-state index contributed by atoms with van der Waals surface area (Å²) in [6.07, 6.45) is 0. The minimum Gasteiger partial charge on any atom is -0.858 e. The normalized spacial score (nSPS) is 14.8. The standard InChI is InChI=1S/2C7H5NO3S.H3N.H2N.2H2O.2Y/c2*9-7-5-3-1-2-4-6(5)12(10,11)8-7;;;;;;/h2*1-4H,(H,8,9);1H3;3*1H2;;/q;;;-1;;;;/p-1. The number of hydrogen-bond acceptors (Lipinski definition) is 7. The molecule has 12 nitrogen and oxygen atoms in total. The van der Waals surface area contributed by atoms with Gasteiger partial charge in [-0.1, -0.05) is 30.3 Å². The van der Waals surface area contributed by atoms with E-state index >= 15 is 0 Å². The number of amides is 1. The molecule has 10 N–H and O–H groups in total. The molecule has 0 unspecified atom stereocenters. The fourth-order valence-electron chi connectivity index (χ4n) is 2.20. The number of hydrogen-bond donors (Lipinski definition) is 2. The van der Waals surface area contributed by atoms with Crippen LogP contribution in [0.3, 0.4) is 0 Å². The topological polar surface area (TPSA) is 264 Å². The molecule has 30 heavy (non-hydrogen) atoms. The van der Waals surface area contributed by atoms with Crippen LogP contribution >= 0.6 is 0 Å². The van der Waals surface area contributed by atoms with Gasteiger partial charge in [-0.25, -0.2) is 13.1 Å². The van der Waals surface area contributed by atoms with Gasteiger partial charge in [-0.3, -0.25) is 4.79 Å². The van der Waals surface area contributed by atoms with Crippen molar-refractivity contribution in [3.05, 3.63) is 65.8 Å². The number of nitrogens with zero attached hydrogens (tertiary/aromatic N) is 1. The largest absolute Gasteiger partial charge is 0.858 e. The van der Waals surface area contributed by atoms with Gasteiger partial charge in [0.05, 0.1) is 10.5 Å². The summed E-state index contributed by atoms with van der Waals surface area (Å²) in [4.78, 5) is 11.1. The van der Waals surface area contributed by atoms with Crippen molar-refractivity contribution < 1.29 is 103 Å². The Balaban J connectivity index is -0.000000188. The number of benzene rings is 2. The summed E-state index contributed by atoms with van der Waals surface area (Å²) in [6.45, 7) is 0. The molecule has 0 spiro atoms. The first kappa shape index (κ1) is 36.7. The second kappa shape index (κ2) is 13.7. The zero-order valence-electron chi connectivity index (χ0n) is 15.3. The Kier molecular flexibility index (Phi) is 16.7. The van der Waals surface area contributed by atoms with Crippen molar-refractivity contribution >= 4 is 31.9 Å². The molecule has 0 bridgehead atoms. The Morgan fingerprint density at radius 3 is 1.70 bits per heavy atom. The molecule has 2 radical (unpaired) electrons. The quantitative estimate of drug-likeness (QED) is 0.368. The van der Waals surface area contributed by atoms with E-state index in [4.69, 9.17) is 0 Å². The third kappa shape index (κ3) is 7.19. The van der Waals surface area contributed by atoms with Crippen LogP contribution in [0.4, 0.5) is 0 Å². The van der Waals surface area contributed by atoms with E-state index < -0.39 is 31.9 Å². The fourth-order valence-corrected chi connectivity index (χ4v) is 4.47. The Labute approximate surface area is 223 Å². The first-order valence-corrected chi connectivity index (χ1v) is 9.42. The molecule has 0 saturated carbocycles. The van der Waals surface area contributed by atoms with E-state index in [1.165, 1.54) is 24.3 Å². The summed E-state index contributed by atoms with van der Waals surface area (Å²) in [5.41, 5.74) is 0.384. The van der Waals surface area contributed by atoms with Crippen LogP contribution in [0.25, 0.3) is 6.15 Å². The predicted molar refractivity (Wildman–Crippen MR) is 98.8 cm³/mol. The van der Waals surface area contributed by atoms with E-state index in [1.807, 2.05) is 4.72 Å². The predicted octanol–water partition coefficient (Wildman–Crippen LogP) is -1.16. The summed E-state index contributed by atoms with van der Waals surface area (Å²) < 4.78 is 49.3. The van der Waals surface area contributed by atoms with Crippen molar-refractivity contribution in [1.29, 1.82) is 0 Å². The van der Waals surface area contributed by atoms with Crippen molar-refractivity contribution in [2.75, 3.05) is 0 Å². The third-order valence-electron chi connectivity index (χ3n) is 3.25. The fraction of sp³-hybridized carbons (Fsp3) is 0. The number of fused-ring (bicyclic) bond motifs is 2. The molecule has 1 amide bonds. The van der Waals surface area contributed by atoms with Gasteiger partial charge in [0.1, 0.15) is 4.90 Å². The minimum absolute atomic E-state index is 0. The van der Waals surface area contributed by atoms with E-state index in [1.54, 1.807) is 24.3 Å². The molecule has 2 heterocycles. The number of carbonyl (C=O) groups excluding carboxylic acids is 1. The van der Waals surface area contributed by atoms with Gasteiger partial charge < -0.3 is 28.4 Å². The van der Waals surface area contributed by atoms with Crippen molar-refractivity contribution in [1.82, 2.24) is 10.9 Å². The average Bonchev–Trinajstić information content (AvgIpc) is 2.91. The summed E-state index contributed by atoms with van der Waals surface area (Å²) in [5.74, 6) is -1.23. The zero-order chi connectivity index (χ0) is 17.5. The van der Waals surface area contributed by atoms with Gasteiger partial charge in [0, 0.05) is 76.9 Å². The molecule has 2 aliphatic rings. The molecule has 16 heteroatoms. The smallest absolute Gasteiger partial charge is 0.282 e. The van der Waals surface area contributed by atoms with E-state index in [9.17, 15) is 26.7 Å². The molecule has 2 aromatic carbocycles. The van der Waals surface area contributed by atoms with Gasteiger partial charge in [-0.15, -0.1) is 0 Å². The number of carbonyl (C=O) groups is 1. The maximum Gasteiger partial charge on any atom is 0.282 e. The van der Waals surface area contributed by atoms with E-state index in [0.29, 0.717) is 0 Å². The Morgan fingerprint density at radius 1 is 0.800 bits per heavy atom. The van der Waals surface area contributed by atoms with Crippen LogP contribution in [0.5, 0.6) is 0 Å². The average molecular weight is 612 g/mol. The summed E-state index contributed by atoms with van der Waals surface area (Å²) in [5, 5.41) is 10.9. The van der Waals surface area contributed by atoms with Crippen molar-refractivity contribution in [3.8, 4) is 0 Å². The van der Waals surface area contributed by atoms with Crippen LogP contribution in [0.15, 0.2) is 62.7 Å². The van der Waals surface area contributed by atoms with E-state index in [-0.39, 0.29) is 110 Å². The summed E-state index contributed by atoms with van der Waals surface area (Å²) in [6, 6.07) is 12.1. The second-order valence-corrected chi connectivity index (χ2v) is 8.02. The third-order valence-corrected chi connectivity index (χ3v) is 5.95. The maximum absolute atomic E-state index is 11.1. The molecule has 4 rings (SSSR count). The van der Waals surface area contributed by atoms with E-state index in [0.717, 1.165) is 0 Å². The molecule has 2 aliphatic heterocycles. The number of sulfonamides is 2. The molecule has 162 valence electrons. The zero-order valence-corrected chi connectivity index (χ0v) is 22.6. The van der Waals surface area contributed by atoms with Crippen LogP contribution in [-0.2, 0) is 85.5 Å². The first-order valence-electron chi connectivity index (χ1n) is 6.50. The molecule has 0 aliphatic carbocycles.